The van der Waals surface area contributed by atoms with Crippen molar-refractivity contribution in [2.24, 2.45) is 0 Å². The lowest BCUT2D eigenvalue weighted by Gasteiger charge is -2.13. The van der Waals surface area contributed by atoms with E-state index in [-0.39, 0.29) is 17.7 Å². The third-order valence-electron chi connectivity index (χ3n) is 5.54. The first kappa shape index (κ1) is 21.1. The van der Waals surface area contributed by atoms with Crippen LogP contribution in [0.5, 0.6) is 0 Å². The molecule has 0 aliphatic carbocycles. The first-order chi connectivity index (χ1) is 16.2. The molecule has 1 aliphatic heterocycles. The molecule has 166 valence electrons. The predicted octanol–water partition coefficient (Wildman–Crippen LogP) is 3.82. The number of thioether (sulfide) groups is 1. The Kier molecular flexibility index (Phi) is 5.78. The van der Waals surface area contributed by atoms with Gasteiger partial charge in [0.25, 0.3) is 0 Å². The summed E-state index contributed by atoms with van der Waals surface area (Å²) in [7, 11) is 0. The first-order valence-electron chi connectivity index (χ1n) is 10.8. The van der Waals surface area contributed by atoms with Gasteiger partial charge in [0.05, 0.1) is 17.0 Å². The zero-order chi connectivity index (χ0) is 22.8. The van der Waals surface area contributed by atoms with Crippen molar-refractivity contribution in [3.8, 4) is 22.6 Å². The van der Waals surface area contributed by atoms with E-state index in [1.165, 1.54) is 16.7 Å². The third kappa shape index (κ3) is 4.07. The number of carbonyl (C=O) groups is 2. The molecule has 1 fully saturated rings. The SMILES string of the molecule is CCn1c(SCC(=O)N2CCNC2=O)nnc1-c1cc(-c2ccccc2)nc2ccccc12. The van der Waals surface area contributed by atoms with Gasteiger partial charge in [-0.15, -0.1) is 10.2 Å². The van der Waals surface area contributed by atoms with Crippen LogP contribution in [0.4, 0.5) is 4.79 Å². The Morgan fingerprint density at radius 2 is 1.88 bits per heavy atom. The fourth-order valence-electron chi connectivity index (χ4n) is 3.91. The van der Waals surface area contributed by atoms with Crippen LogP contribution < -0.4 is 5.32 Å². The van der Waals surface area contributed by atoms with Gasteiger partial charge in [0.1, 0.15) is 0 Å². The molecular weight excluding hydrogens is 436 g/mol. The number of carbonyl (C=O) groups excluding carboxylic acids is 2. The summed E-state index contributed by atoms with van der Waals surface area (Å²) in [6.45, 7) is 3.55. The lowest BCUT2D eigenvalue weighted by molar-refractivity contribution is -0.124. The van der Waals surface area contributed by atoms with Crippen LogP contribution >= 0.6 is 11.8 Å². The normalized spacial score (nSPS) is 13.5. The second-order valence-electron chi connectivity index (χ2n) is 7.55. The van der Waals surface area contributed by atoms with Crippen molar-refractivity contribution in [1.82, 2.24) is 30.0 Å². The van der Waals surface area contributed by atoms with Crippen molar-refractivity contribution in [1.29, 1.82) is 0 Å². The molecule has 9 heteroatoms. The highest BCUT2D eigenvalue weighted by Gasteiger charge is 2.26. The summed E-state index contributed by atoms with van der Waals surface area (Å²) in [6, 6.07) is 19.7. The van der Waals surface area contributed by atoms with E-state index >= 15 is 0 Å². The van der Waals surface area contributed by atoms with E-state index in [4.69, 9.17) is 4.98 Å². The van der Waals surface area contributed by atoms with Crippen molar-refractivity contribution >= 4 is 34.6 Å². The Hall–Kier alpha value is -3.72. The molecule has 8 nitrogen and oxygen atoms in total. The molecule has 2 aromatic heterocycles. The second kappa shape index (κ2) is 9.03. The molecule has 1 saturated heterocycles. The van der Waals surface area contributed by atoms with Gasteiger partial charge in [-0.25, -0.2) is 9.78 Å². The number of pyridine rings is 1. The molecule has 0 radical (unpaired) electrons. The van der Waals surface area contributed by atoms with Crippen LogP contribution in [0.3, 0.4) is 0 Å². The minimum atomic E-state index is -0.338. The topological polar surface area (TPSA) is 93.0 Å². The number of rotatable bonds is 6. The van der Waals surface area contributed by atoms with Gasteiger partial charge in [0.2, 0.25) is 5.91 Å². The molecule has 0 atom stereocenters. The van der Waals surface area contributed by atoms with Crippen molar-refractivity contribution in [2.75, 3.05) is 18.8 Å². The van der Waals surface area contributed by atoms with E-state index in [0.29, 0.717) is 24.8 Å². The van der Waals surface area contributed by atoms with E-state index in [1.54, 1.807) is 0 Å². The zero-order valence-electron chi connectivity index (χ0n) is 18.1. The third-order valence-corrected chi connectivity index (χ3v) is 6.49. The molecule has 4 aromatic rings. The van der Waals surface area contributed by atoms with Gasteiger partial charge in [0.15, 0.2) is 11.0 Å². The van der Waals surface area contributed by atoms with Gasteiger partial charge < -0.3 is 9.88 Å². The number of hydrogen-bond acceptors (Lipinski definition) is 6. The lowest BCUT2D eigenvalue weighted by atomic mass is 10.0. The Morgan fingerprint density at radius 1 is 1.09 bits per heavy atom. The highest BCUT2D eigenvalue weighted by molar-refractivity contribution is 7.99. The molecule has 2 aromatic carbocycles. The minimum Gasteiger partial charge on any atom is -0.336 e. The van der Waals surface area contributed by atoms with E-state index in [9.17, 15) is 9.59 Å². The van der Waals surface area contributed by atoms with E-state index in [2.05, 4.69) is 15.5 Å². The van der Waals surface area contributed by atoms with Gasteiger partial charge in [0, 0.05) is 36.1 Å². The monoisotopic (exact) mass is 458 g/mol. The number of para-hydroxylation sites is 1. The van der Waals surface area contributed by atoms with Gasteiger partial charge in [-0.1, -0.05) is 60.3 Å². The summed E-state index contributed by atoms with van der Waals surface area (Å²) < 4.78 is 2.00. The summed E-state index contributed by atoms with van der Waals surface area (Å²) in [4.78, 5) is 30.3. The molecule has 3 heterocycles. The van der Waals surface area contributed by atoms with E-state index in [1.807, 2.05) is 72.2 Å². The number of hydrogen-bond donors (Lipinski definition) is 1. The maximum absolute atomic E-state index is 12.5. The highest BCUT2D eigenvalue weighted by Crippen LogP contribution is 2.33. The van der Waals surface area contributed by atoms with Crippen LogP contribution in [0, 0.1) is 0 Å². The Bertz CT molecular complexity index is 1340. The number of urea groups is 1. The first-order valence-corrected chi connectivity index (χ1v) is 11.7. The van der Waals surface area contributed by atoms with E-state index < -0.39 is 0 Å². The average Bonchev–Trinajstić information content (AvgIpc) is 3.48. The average molecular weight is 459 g/mol. The maximum atomic E-state index is 12.5. The van der Waals surface area contributed by atoms with Crippen molar-refractivity contribution < 1.29 is 9.59 Å². The number of benzene rings is 2. The molecular formula is C24H22N6O2S. The molecule has 0 saturated carbocycles. The number of fused-ring (bicyclic) bond motifs is 1. The summed E-state index contributed by atoms with van der Waals surface area (Å²) in [6.07, 6.45) is 0. The van der Waals surface area contributed by atoms with Crippen LogP contribution in [0.1, 0.15) is 6.92 Å². The smallest absolute Gasteiger partial charge is 0.324 e. The summed E-state index contributed by atoms with van der Waals surface area (Å²) in [5.74, 6) is 0.614. The van der Waals surface area contributed by atoms with Crippen molar-refractivity contribution in [3.63, 3.8) is 0 Å². The standard InChI is InChI=1S/C24H22N6O2S/c1-2-29-22(27-28-24(29)33-15-21(31)30-13-12-25-23(30)32)18-14-20(16-8-4-3-5-9-16)26-19-11-7-6-10-17(18)19/h3-11,14H,2,12-13,15H2,1H3,(H,25,32). The Balaban J connectivity index is 1.52. The summed E-state index contributed by atoms with van der Waals surface area (Å²) in [5.41, 5.74) is 3.70. The van der Waals surface area contributed by atoms with Crippen molar-refractivity contribution in [3.05, 3.63) is 60.7 Å². The second-order valence-corrected chi connectivity index (χ2v) is 8.50. The van der Waals surface area contributed by atoms with Crippen LogP contribution in [-0.4, -0.2) is 55.4 Å². The number of nitrogens with zero attached hydrogens (tertiary/aromatic N) is 5. The van der Waals surface area contributed by atoms with Crippen LogP contribution in [0.2, 0.25) is 0 Å². The number of nitrogens with one attached hydrogen (secondary N) is 1. The molecule has 0 bridgehead atoms. The molecule has 33 heavy (non-hydrogen) atoms. The predicted molar refractivity (Wildman–Crippen MR) is 128 cm³/mol. The van der Waals surface area contributed by atoms with Gasteiger partial charge in [-0.05, 0) is 19.1 Å². The number of amides is 3. The molecule has 3 amide bonds. The fourth-order valence-corrected chi connectivity index (χ4v) is 4.79. The summed E-state index contributed by atoms with van der Waals surface area (Å²) >= 11 is 1.29. The van der Waals surface area contributed by atoms with E-state index in [0.717, 1.165) is 33.5 Å². The molecule has 5 rings (SSSR count). The quantitative estimate of drug-likeness (QED) is 0.442. The van der Waals surface area contributed by atoms with Gasteiger partial charge in [-0.2, -0.15) is 0 Å². The summed E-state index contributed by atoms with van der Waals surface area (Å²) in [5, 5.41) is 13.1. The zero-order valence-corrected chi connectivity index (χ0v) is 18.9. The molecule has 1 N–H and O–H groups in total. The fraction of sp³-hybridized carbons (Fsp3) is 0.208. The Labute approximate surface area is 195 Å². The van der Waals surface area contributed by atoms with Crippen molar-refractivity contribution in [2.45, 2.75) is 18.6 Å². The minimum absolute atomic E-state index is 0.123. The molecule has 1 aliphatic rings. The van der Waals surface area contributed by atoms with Gasteiger partial charge >= 0.3 is 6.03 Å². The number of aromatic nitrogens is 4. The van der Waals surface area contributed by atoms with Crippen LogP contribution in [0.25, 0.3) is 33.5 Å². The maximum Gasteiger partial charge on any atom is 0.324 e. The molecule has 0 spiro atoms. The van der Waals surface area contributed by atoms with Crippen LogP contribution in [-0.2, 0) is 11.3 Å². The molecule has 0 unspecified atom stereocenters. The Morgan fingerprint density at radius 3 is 2.64 bits per heavy atom. The number of imide groups is 1. The van der Waals surface area contributed by atoms with Crippen LogP contribution in [0.15, 0.2) is 65.8 Å². The van der Waals surface area contributed by atoms with Gasteiger partial charge in [-0.3, -0.25) is 9.69 Å². The lowest BCUT2D eigenvalue weighted by Crippen LogP contribution is -2.35. The highest BCUT2D eigenvalue weighted by atomic mass is 32.2. The largest absolute Gasteiger partial charge is 0.336 e.